The summed E-state index contributed by atoms with van der Waals surface area (Å²) in [6, 6.07) is 6.33. The van der Waals surface area contributed by atoms with Crippen LogP contribution in [-0.2, 0) is 11.2 Å². The molecule has 19 heavy (non-hydrogen) atoms. The summed E-state index contributed by atoms with van der Waals surface area (Å²) in [4.78, 5) is 13.1. The Kier molecular flexibility index (Phi) is 4.43. The maximum atomic E-state index is 11.0. The third-order valence-corrected chi connectivity index (χ3v) is 3.69. The number of nitrogens with zero attached hydrogens (tertiary/aromatic N) is 1. The van der Waals surface area contributed by atoms with Gasteiger partial charge in [-0.2, -0.15) is 0 Å². The zero-order valence-electron chi connectivity index (χ0n) is 11.6. The van der Waals surface area contributed by atoms with E-state index in [1.165, 1.54) is 11.1 Å². The lowest BCUT2D eigenvalue weighted by Gasteiger charge is -2.27. The van der Waals surface area contributed by atoms with Gasteiger partial charge in [-0.3, -0.25) is 9.69 Å². The predicted octanol–water partition coefficient (Wildman–Crippen LogP) is 2.48. The third-order valence-electron chi connectivity index (χ3n) is 3.69. The largest absolute Gasteiger partial charge is 0.497 e. The molecule has 0 saturated heterocycles. The summed E-state index contributed by atoms with van der Waals surface area (Å²) in [5, 5.41) is 9.05. The highest BCUT2D eigenvalue weighted by Gasteiger charge is 2.29. The van der Waals surface area contributed by atoms with E-state index >= 15 is 0 Å². The molecule has 1 aromatic carbocycles. The minimum atomic E-state index is -0.759. The Morgan fingerprint density at radius 3 is 2.95 bits per heavy atom. The van der Waals surface area contributed by atoms with Crippen molar-refractivity contribution in [3.05, 3.63) is 29.3 Å². The number of benzene rings is 1. The van der Waals surface area contributed by atoms with Gasteiger partial charge in [0.1, 0.15) is 5.75 Å². The molecule has 1 aromatic rings. The molecular weight excluding hydrogens is 242 g/mol. The quantitative estimate of drug-likeness (QED) is 0.856. The maximum Gasteiger partial charge on any atom is 0.317 e. The highest BCUT2D eigenvalue weighted by molar-refractivity contribution is 5.69. The Balaban J connectivity index is 2.24. The molecule has 0 fully saturated rings. The van der Waals surface area contributed by atoms with Crippen molar-refractivity contribution in [1.29, 1.82) is 0 Å². The van der Waals surface area contributed by atoms with Crippen molar-refractivity contribution in [3.8, 4) is 5.75 Å². The van der Waals surface area contributed by atoms with E-state index in [1.54, 1.807) is 7.11 Å². The van der Waals surface area contributed by atoms with E-state index in [9.17, 15) is 4.79 Å². The van der Waals surface area contributed by atoms with Gasteiger partial charge in [-0.05, 0) is 49.1 Å². The number of hydrogen-bond acceptors (Lipinski definition) is 3. The molecule has 4 nitrogen and oxygen atoms in total. The van der Waals surface area contributed by atoms with Crippen LogP contribution >= 0.6 is 0 Å². The molecule has 0 bridgehead atoms. The van der Waals surface area contributed by atoms with Crippen molar-refractivity contribution in [1.82, 2.24) is 4.90 Å². The lowest BCUT2D eigenvalue weighted by molar-refractivity contribution is -0.139. The van der Waals surface area contributed by atoms with E-state index in [0.717, 1.165) is 31.6 Å². The standard InChI is InChI=1S/C15H21NO3/c1-3-8-16(10-15(17)18)14-7-5-11-4-6-12(19-2)9-13(11)14/h4,6,9,14H,3,5,7-8,10H2,1-2H3,(H,17,18). The smallest absolute Gasteiger partial charge is 0.317 e. The van der Waals surface area contributed by atoms with E-state index in [1.807, 2.05) is 6.07 Å². The molecule has 0 saturated carbocycles. The molecule has 0 aromatic heterocycles. The van der Waals surface area contributed by atoms with Crippen LogP contribution in [0, 0.1) is 0 Å². The van der Waals surface area contributed by atoms with Crippen LogP contribution in [0.25, 0.3) is 0 Å². The van der Waals surface area contributed by atoms with Gasteiger partial charge < -0.3 is 9.84 Å². The van der Waals surface area contributed by atoms with Crippen LogP contribution < -0.4 is 4.74 Å². The van der Waals surface area contributed by atoms with E-state index < -0.39 is 5.97 Å². The van der Waals surface area contributed by atoms with Crippen molar-refractivity contribution < 1.29 is 14.6 Å². The average molecular weight is 263 g/mol. The minimum absolute atomic E-state index is 0.106. The van der Waals surface area contributed by atoms with Crippen LogP contribution in [-0.4, -0.2) is 36.2 Å². The Hall–Kier alpha value is -1.55. The topological polar surface area (TPSA) is 49.8 Å². The summed E-state index contributed by atoms with van der Waals surface area (Å²) < 4.78 is 5.27. The molecule has 0 radical (unpaired) electrons. The molecule has 104 valence electrons. The summed E-state index contributed by atoms with van der Waals surface area (Å²) in [7, 11) is 1.66. The van der Waals surface area contributed by atoms with Crippen molar-refractivity contribution in [2.75, 3.05) is 20.2 Å². The second kappa shape index (κ2) is 6.06. The van der Waals surface area contributed by atoms with Crippen molar-refractivity contribution in [2.24, 2.45) is 0 Å². The Bertz CT molecular complexity index is 459. The zero-order chi connectivity index (χ0) is 13.8. The van der Waals surface area contributed by atoms with Crippen LogP contribution in [0.3, 0.4) is 0 Å². The molecule has 1 N–H and O–H groups in total. The molecule has 0 amide bonds. The number of methoxy groups -OCH3 is 1. The first-order valence-electron chi connectivity index (χ1n) is 6.78. The van der Waals surface area contributed by atoms with Gasteiger partial charge in [-0.1, -0.05) is 13.0 Å². The predicted molar refractivity (Wildman–Crippen MR) is 73.6 cm³/mol. The summed E-state index contributed by atoms with van der Waals surface area (Å²) in [6.45, 7) is 3.00. The molecule has 0 spiro atoms. The van der Waals surface area contributed by atoms with E-state index in [2.05, 4.69) is 24.0 Å². The molecule has 1 atom stereocenters. The van der Waals surface area contributed by atoms with Crippen LogP contribution in [0.15, 0.2) is 18.2 Å². The van der Waals surface area contributed by atoms with E-state index in [-0.39, 0.29) is 12.6 Å². The SMILES string of the molecule is CCCN(CC(=O)O)C1CCc2ccc(OC)cc21. The van der Waals surface area contributed by atoms with Crippen LogP contribution in [0.5, 0.6) is 5.75 Å². The summed E-state index contributed by atoms with van der Waals surface area (Å²) in [5.74, 6) is 0.0854. The van der Waals surface area contributed by atoms with Crippen LogP contribution in [0.4, 0.5) is 0 Å². The highest BCUT2D eigenvalue weighted by atomic mass is 16.5. The molecule has 2 rings (SSSR count). The van der Waals surface area contributed by atoms with Gasteiger partial charge in [0, 0.05) is 6.04 Å². The van der Waals surface area contributed by atoms with Gasteiger partial charge >= 0.3 is 5.97 Å². The molecule has 0 heterocycles. The van der Waals surface area contributed by atoms with Gasteiger partial charge in [-0.25, -0.2) is 0 Å². The van der Waals surface area contributed by atoms with Gasteiger partial charge in [0.2, 0.25) is 0 Å². The molecule has 4 heteroatoms. The summed E-state index contributed by atoms with van der Waals surface area (Å²) in [6.07, 6.45) is 2.97. The summed E-state index contributed by atoms with van der Waals surface area (Å²) in [5.41, 5.74) is 2.55. The first kappa shape index (κ1) is 13.9. The van der Waals surface area contributed by atoms with Gasteiger partial charge in [0.05, 0.1) is 13.7 Å². The zero-order valence-corrected chi connectivity index (χ0v) is 11.6. The highest BCUT2D eigenvalue weighted by Crippen LogP contribution is 2.37. The molecule has 1 unspecified atom stereocenters. The Morgan fingerprint density at radius 1 is 1.53 bits per heavy atom. The molecule has 1 aliphatic carbocycles. The Morgan fingerprint density at radius 2 is 2.32 bits per heavy atom. The van der Waals surface area contributed by atoms with E-state index in [0.29, 0.717) is 0 Å². The number of carboxylic acids is 1. The second-order valence-electron chi connectivity index (χ2n) is 4.98. The third kappa shape index (κ3) is 3.07. The van der Waals surface area contributed by atoms with Crippen molar-refractivity contribution >= 4 is 5.97 Å². The second-order valence-corrected chi connectivity index (χ2v) is 4.98. The first-order chi connectivity index (χ1) is 9.15. The summed E-state index contributed by atoms with van der Waals surface area (Å²) >= 11 is 0. The fraction of sp³-hybridized carbons (Fsp3) is 0.533. The monoisotopic (exact) mass is 263 g/mol. The fourth-order valence-corrected chi connectivity index (χ4v) is 2.87. The number of rotatable bonds is 6. The first-order valence-corrected chi connectivity index (χ1v) is 6.78. The Labute approximate surface area is 114 Å². The van der Waals surface area contributed by atoms with Crippen LogP contribution in [0.2, 0.25) is 0 Å². The number of carboxylic acid groups (broad SMARTS) is 1. The van der Waals surface area contributed by atoms with Crippen LogP contribution in [0.1, 0.15) is 36.9 Å². The maximum absolute atomic E-state index is 11.0. The molecule has 1 aliphatic rings. The fourth-order valence-electron chi connectivity index (χ4n) is 2.87. The lowest BCUT2D eigenvalue weighted by Crippen LogP contribution is -2.33. The number of aliphatic carboxylic acids is 1. The number of fused-ring (bicyclic) bond motifs is 1. The normalized spacial score (nSPS) is 17.5. The molecule has 0 aliphatic heterocycles. The minimum Gasteiger partial charge on any atom is -0.497 e. The van der Waals surface area contributed by atoms with Gasteiger partial charge in [0.25, 0.3) is 0 Å². The lowest BCUT2D eigenvalue weighted by atomic mass is 10.1. The molecular formula is C15H21NO3. The van der Waals surface area contributed by atoms with Gasteiger partial charge in [-0.15, -0.1) is 0 Å². The number of aryl methyl sites for hydroxylation is 1. The number of ether oxygens (including phenoxy) is 1. The average Bonchev–Trinajstić information content (AvgIpc) is 2.80. The number of carbonyl (C=O) groups is 1. The van der Waals surface area contributed by atoms with Crippen molar-refractivity contribution in [2.45, 2.75) is 32.2 Å². The van der Waals surface area contributed by atoms with Crippen molar-refractivity contribution in [3.63, 3.8) is 0 Å². The van der Waals surface area contributed by atoms with E-state index in [4.69, 9.17) is 9.84 Å². The number of hydrogen-bond donors (Lipinski definition) is 1. The van der Waals surface area contributed by atoms with Gasteiger partial charge in [0.15, 0.2) is 0 Å².